The summed E-state index contributed by atoms with van der Waals surface area (Å²) in [5.74, 6) is 0. The third kappa shape index (κ3) is 6.80. The van der Waals surface area contributed by atoms with Gasteiger partial charge in [-0.05, 0) is 38.3 Å². The predicted molar refractivity (Wildman–Crippen MR) is 80.4 cm³/mol. The van der Waals surface area contributed by atoms with Crippen LogP contribution in [0.25, 0.3) is 0 Å². The van der Waals surface area contributed by atoms with Crippen LogP contribution in [-0.2, 0) is 0 Å². The van der Waals surface area contributed by atoms with E-state index >= 15 is 0 Å². The number of thiocarbonyl (C=S) groups is 2. The second-order valence-electron chi connectivity index (χ2n) is 3.40. The topological polar surface area (TPSA) is 64.0 Å². The van der Waals surface area contributed by atoms with Gasteiger partial charge in [-0.2, -0.15) is 10.2 Å². The van der Waals surface area contributed by atoms with Gasteiger partial charge in [-0.25, -0.2) is 0 Å². The molecule has 0 aromatic rings. The molecule has 0 atom stereocenters. The largest absolute Gasteiger partial charge is 0.364 e. The quantitative estimate of drug-likeness (QED) is 0.390. The zero-order valence-electron chi connectivity index (χ0n) is 10.7. The number of hydrogen-bond acceptors (Lipinski definition) is 4. The van der Waals surface area contributed by atoms with Crippen molar-refractivity contribution < 1.29 is 0 Å². The third-order valence-electron chi connectivity index (χ3n) is 1.80. The minimum absolute atomic E-state index is 0.453. The molecule has 6 nitrogen and oxygen atoms in total. The number of hydrogen-bond donors (Lipinski definition) is 3. The van der Waals surface area contributed by atoms with Crippen molar-refractivity contribution in [2.75, 3.05) is 21.1 Å². The summed E-state index contributed by atoms with van der Waals surface area (Å²) in [6.45, 7) is 3.65. The summed E-state index contributed by atoms with van der Waals surface area (Å²) in [6.07, 6.45) is 0. The zero-order chi connectivity index (χ0) is 13.4. The standard InChI is InChI=1S/C9H18N6S2/c1-6(11-13-8(16)10-3)7(2)12-14-9(17)15(4)5/h1-5H3,(H,14,17)(H2,10,13,16). The molecule has 0 spiro atoms. The van der Waals surface area contributed by atoms with E-state index in [-0.39, 0.29) is 0 Å². The lowest BCUT2D eigenvalue weighted by Crippen LogP contribution is -2.32. The average molecular weight is 274 g/mol. The Labute approximate surface area is 113 Å². The SMILES string of the molecule is CNC(=S)NN=C(C)C(C)=NNC(=S)N(C)C. The van der Waals surface area contributed by atoms with Gasteiger partial charge in [-0.1, -0.05) is 0 Å². The van der Waals surface area contributed by atoms with Crippen LogP contribution in [0.3, 0.4) is 0 Å². The summed E-state index contributed by atoms with van der Waals surface area (Å²) in [5.41, 5.74) is 6.87. The van der Waals surface area contributed by atoms with Crippen LogP contribution in [0.1, 0.15) is 13.8 Å². The molecule has 96 valence electrons. The highest BCUT2D eigenvalue weighted by Gasteiger charge is 1.99. The molecule has 0 aliphatic carbocycles. The molecule has 3 N–H and O–H groups in total. The number of rotatable bonds is 3. The van der Waals surface area contributed by atoms with E-state index in [0.29, 0.717) is 10.2 Å². The Kier molecular flexibility index (Phi) is 7.31. The highest BCUT2D eigenvalue weighted by molar-refractivity contribution is 7.80. The minimum atomic E-state index is 0.453. The summed E-state index contributed by atoms with van der Waals surface area (Å²) in [5, 5.41) is 11.9. The Morgan fingerprint density at radius 3 is 1.88 bits per heavy atom. The molecule has 8 heteroatoms. The maximum atomic E-state index is 5.03. The van der Waals surface area contributed by atoms with Gasteiger partial charge in [0.1, 0.15) is 0 Å². The van der Waals surface area contributed by atoms with Gasteiger partial charge in [0.15, 0.2) is 10.2 Å². The fraction of sp³-hybridized carbons (Fsp3) is 0.556. The van der Waals surface area contributed by atoms with Crippen LogP contribution < -0.4 is 16.2 Å². The van der Waals surface area contributed by atoms with Crippen molar-refractivity contribution in [2.24, 2.45) is 10.2 Å². The Hall–Kier alpha value is -1.28. The molecule has 0 rings (SSSR count). The van der Waals surface area contributed by atoms with Crippen LogP contribution in [-0.4, -0.2) is 47.7 Å². The summed E-state index contributed by atoms with van der Waals surface area (Å²) < 4.78 is 0. The first-order valence-corrected chi connectivity index (χ1v) is 5.74. The van der Waals surface area contributed by atoms with E-state index in [0.717, 1.165) is 11.4 Å². The lowest BCUT2D eigenvalue weighted by molar-refractivity contribution is 0.606. The molecule has 0 radical (unpaired) electrons. The zero-order valence-corrected chi connectivity index (χ0v) is 12.3. The van der Waals surface area contributed by atoms with Crippen molar-refractivity contribution in [3.05, 3.63) is 0 Å². The number of nitrogens with zero attached hydrogens (tertiary/aromatic N) is 3. The van der Waals surface area contributed by atoms with Crippen molar-refractivity contribution >= 4 is 46.1 Å². The Morgan fingerprint density at radius 2 is 1.47 bits per heavy atom. The second kappa shape index (κ2) is 7.91. The van der Waals surface area contributed by atoms with Gasteiger partial charge in [0.05, 0.1) is 11.4 Å². The Balaban J connectivity index is 4.38. The van der Waals surface area contributed by atoms with Gasteiger partial charge < -0.3 is 10.2 Å². The molecule has 0 heterocycles. The van der Waals surface area contributed by atoms with Crippen molar-refractivity contribution in [2.45, 2.75) is 13.8 Å². The summed E-state index contributed by atoms with van der Waals surface area (Å²) >= 11 is 9.92. The lowest BCUT2D eigenvalue weighted by Gasteiger charge is -2.12. The first-order valence-electron chi connectivity index (χ1n) is 4.92. The van der Waals surface area contributed by atoms with Gasteiger partial charge in [0.25, 0.3) is 0 Å². The van der Waals surface area contributed by atoms with E-state index in [1.807, 2.05) is 27.9 Å². The first-order chi connectivity index (χ1) is 7.88. The predicted octanol–water partition coefficient (Wildman–Crippen LogP) is 0.268. The van der Waals surface area contributed by atoms with E-state index < -0.39 is 0 Å². The highest BCUT2D eigenvalue weighted by atomic mass is 32.1. The summed E-state index contributed by atoms with van der Waals surface area (Å²) in [4.78, 5) is 1.76. The molecule has 17 heavy (non-hydrogen) atoms. The fourth-order valence-electron chi connectivity index (χ4n) is 0.584. The fourth-order valence-corrected chi connectivity index (χ4v) is 0.675. The Morgan fingerprint density at radius 1 is 1.00 bits per heavy atom. The van der Waals surface area contributed by atoms with Crippen molar-refractivity contribution in [3.8, 4) is 0 Å². The second-order valence-corrected chi connectivity index (χ2v) is 4.19. The van der Waals surface area contributed by atoms with Crippen LogP contribution in [0.15, 0.2) is 10.2 Å². The normalized spacial score (nSPS) is 11.8. The molecular weight excluding hydrogens is 256 g/mol. The van der Waals surface area contributed by atoms with Crippen molar-refractivity contribution in [3.63, 3.8) is 0 Å². The molecule has 0 saturated heterocycles. The van der Waals surface area contributed by atoms with Gasteiger partial charge >= 0.3 is 0 Å². The first kappa shape index (κ1) is 15.7. The van der Waals surface area contributed by atoms with Crippen LogP contribution in [0.2, 0.25) is 0 Å². The van der Waals surface area contributed by atoms with E-state index in [1.54, 1.807) is 11.9 Å². The Bertz CT molecular complexity index is 347. The molecule has 0 aromatic heterocycles. The van der Waals surface area contributed by atoms with E-state index in [4.69, 9.17) is 24.4 Å². The molecule has 0 aromatic carbocycles. The average Bonchev–Trinajstić information content (AvgIpc) is 2.31. The molecule has 0 aliphatic heterocycles. The molecule has 0 saturated carbocycles. The molecule has 0 aliphatic rings. The lowest BCUT2D eigenvalue weighted by atomic mass is 10.3. The van der Waals surface area contributed by atoms with Crippen LogP contribution in [0, 0.1) is 0 Å². The monoisotopic (exact) mass is 274 g/mol. The van der Waals surface area contributed by atoms with Gasteiger partial charge in [-0.15, -0.1) is 0 Å². The van der Waals surface area contributed by atoms with Crippen LogP contribution in [0.5, 0.6) is 0 Å². The summed E-state index contributed by atoms with van der Waals surface area (Å²) in [6, 6.07) is 0. The van der Waals surface area contributed by atoms with E-state index in [9.17, 15) is 0 Å². The molecule has 0 amide bonds. The van der Waals surface area contributed by atoms with Gasteiger partial charge in [-0.3, -0.25) is 10.9 Å². The van der Waals surface area contributed by atoms with Crippen molar-refractivity contribution in [1.29, 1.82) is 0 Å². The molecule has 0 unspecified atom stereocenters. The smallest absolute Gasteiger partial charge is 0.189 e. The maximum Gasteiger partial charge on any atom is 0.189 e. The molecular formula is C9H18N6S2. The number of hydrazone groups is 2. The van der Waals surface area contributed by atoms with Crippen LogP contribution >= 0.6 is 24.4 Å². The highest BCUT2D eigenvalue weighted by Crippen LogP contribution is 1.84. The van der Waals surface area contributed by atoms with Crippen molar-refractivity contribution in [1.82, 2.24) is 21.1 Å². The maximum absolute atomic E-state index is 5.03. The molecule has 0 fully saturated rings. The van der Waals surface area contributed by atoms with Crippen LogP contribution in [0.4, 0.5) is 0 Å². The minimum Gasteiger partial charge on any atom is -0.364 e. The summed E-state index contributed by atoms with van der Waals surface area (Å²) in [7, 11) is 5.40. The number of nitrogens with one attached hydrogen (secondary N) is 3. The van der Waals surface area contributed by atoms with Gasteiger partial charge in [0.2, 0.25) is 0 Å². The van der Waals surface area contributed by atoms with E-state index in [2.05, 4.69) is 26.4 Å². The third-order valence-corrected chi connectivity index (χ3v) is 2.55. The van der Waals surface area contributed by atoms with Gasteiger partial charge in [0, 0.05) is 21.1 Å². The van der Waals surface area contributed by atoms with E-state index in [1.165, 1.54) is 0 Å². The molecule has 0 bridgehead atoms.